The first-order chi connectivity index (χ1) is 11.5. The van der Waals surface area contributed by atoms with Crippen molar-refractivity contribution < 1.29 is 9.53 Å². The summed E-state index contributed by atoms with van der Waals surface area (Å²) in [7, 11) is 0. The van der Waals surface area contributed by atoms with Crippen LogP contribution in [0.3, 0.4) is 0 Å². The Morgan fingerprint density at radius 1 is 1.29 bits per heavy atom. The molecule has 5 heteroatoms. The van der Waals surface area contributed by atoms with Gasteiger partial charge in [-0.25, -0.2) is 4.79 Å². The van der Waals surface area contributed by atoms with Gasteiger partial charge in [-0.3, -0.25) is 0 Å². The predicted octanol–water partition coefficient (Wildman–Crippen LogP) is 3.57. The monoisotopic (exact) mass is 333 g/mol. The van der Waals surface area contributed by atoms with Crippen LogP contribution in [0.25, 0.3) is 0 Å². The highest BCUT2D eigenvalue weighted by Crippen LogP contribution is 2.23. The number of carbonyl (C=O) groups is 1. The van der Waals surface area contributed by atoms with E-state index in [0.29, 0.717) is 18.0 Å². The first-order valence-electron chi connectivity index (χ1n) is 8.99. The minimum Gasteiger partial charge on any atom is -0.492 e. The van der Waals surface area contributed by atoms with Gasteiger partial charge in [-0.2, -0.15) is 0 Å². The number of nitrogens with one attached hydrogen (secondary N) is 2. The first-order valence-corrected chi connectivity index (χ1v) is 8.99. The topological polar surface area (TPSA) is 53.6 Å². The second kappa shape index (κ2) is 8.92. The van der Waals surface area contributed by atoms with Crippen LogP contribution in [0.2, 0.25) is 0 Å². The highest BCUT2D eigenvalue weighted by molar-refractivity contribution is 5.91. The molecule has 2 amide bonds. The van der Waals surface area contributed by atoms with E-state index in [-0.39, 0.29) is 12.1 Å². The van der Waals surface area contributed by atoms with E-state index in [0.717, 1.165) is 31.5 Å². The molecule has 2 rings (SSSR count). The number of hydrogen-bond donors (Lipinski definition) is 2. The van der Waals surface area contributed by atoms with Gasteiger partial charge >= 0.3 is 6.03 Å². The van der Waals surface area contributed by atoms with Gasteiger partial charge in [0, 0.05) is 25.7 Å². The van der Waals surface area contributed by atoms with E-state index in [9.17, 15) is 4.79 Å². The van der Waals surface area contributed by atoms with E-state index in [4.69, 9.17) is 4.74 Å². The highest BCUT2D eigenvalue weighted by Gasteiger charge is 2.23. The third kappa shape index (κ3) is 5.71. The van der Waals surface area contributed by atoms with Crippen LogP contribution in [0.4, 0.5) is 10.5 Å². The highest BCUT2D eigenvalue weighted by atomic mass is 16.5. The summed E-state index contributed by atoms with van der Waals surface area (Å²) in [6.07, 6.45) is 1.30. The molecule has 0 saturated carbocycles. The van der Waals surface area contributed by atoms with Gasteiger partial charge < -0.3 is 20.3 Å². The molecule has 24 heavy (non-hydrogen) atoms. The number of benzene rings is 1. The molecule has 1 aromatic rings. The van der Waals surface area contributed by atoms with Crippen molar-refractivity contribution in [1.82, 2.24) is 10.2 Å². The Balaban J connectivity index is 1.83. The number of para-hydroxylation sites is 2. The van der Waals surface area contributed by atoms with Crippen LogP contribution >= 0.6 is 0 Å². The SMILES string of the molecule is CCOc1ccccc1NC(=O)N[C@H](C)CN1C[C@@H](C)C[C@H](C)C1. The number of likely N-dealkylation sites (tertiary alicyclic amines) is 1. The first kappa shape index (κ1) is 18.6. The van der Waals surface area contributed by atoms with Gasteiger partial charge in [-0.1, -0.05) is 26.0 Å². The van der Waals surface area contributed by atoms with Crippen molar-refractivity contribution in [1.29, 1.82) is 0 Å². The number of rotatable bonds is 6. The van der Waals surface area contributed by atoms with E-state index >= 15 is 0 Å². The number of carbonyl (C=O) groups excluding carboxylic acids is 1. The third-order valence-electron chi connectivity index (χ3n) is 4.29. The molecule has 1 aliphatic rings. The molecule has 1 heterocycles. The van der Waals surface area contributed by atoms with Crippen LogP contribution in [0, 0.1) is 11.8 Å². The molecule has 5 nitrogen and oxygen atoms in total. The summed E-state index contributed by atoms with van der Waals surface area (Å²) < 4.78 is 5.54. The number of hydrogen-bond acceptors (Lipinski definition) is 3. The van der Waals surface area contributed by atoms with Crippen molar-refractivity contribution in [2.75, 3.05) is 31.6 Å². The molecular formula is C19H31N3O2. The summed E-state index contributed by atoms with van der Waals surface area (Å²) >= 11 is 0. The number of ether oxygens (including phenoxy) is 1. The summed E-state index contributed by atoms with van der Waals surface area (Å²) in [5, 5.41) is 5.91. The zero-order chi connectivity index (χ0) is 17.5. The number of urea groups is 1. The molecule has 0 spiro atoms. The van der Waals surface area contributed by atoms with Gasteiger partial charge in [0.2, 0.25) is 0 Å². The van der Waals surface area contributed by atoms with Crippen molar-refractivity contribution in [3.63, 3.8) is 0 Å². The molecular weight excluding hydrogens is 302 g/mol. The molecule has 1 aromatic carbocycles. The van der Waals surface area contributed by atoms with E-state index < -0.39 is 0 Å². The number of anilines is 1. The smallest absolute Gasteiger partial charge is 0.319 e. The standard InChI is InChI=1S/C19H31N3O2/c1-5-24-18-9-7-6-8-17(18)21-19(23)20-16(4)13-22-11-14(2)10-15(3)12-22/h6-9,14-16H,5,10-13H2,1-4H3,(H2,20,21,23)/t14-,15-,16+/m0/s1. The quantitative estimate of drug-likeness (QED) is 0.837. The van der Waals surface area contributed by atoms with E-state index in [1.165, 1.54) is 6.42 Å². The molecule has 134 valence electrons. The lowest BCUT2D eigenvalue weighted by Crippen LogP contribution is -2.47. The van der Waals surface area contributed by atoms with Crippen molar-refractivity contribution in [3.8, 4) is 5.75 Å². The van der Waals surface area contributed by atoms with Crippen molar-refractivity contribution in [3.05, 3.63) is 24.3 Å². The molecule has 0 aliphatic carbocycles. The second-order valence-corrected chi connectivity index (χ2v) is 7.09. The fourth-order valence-corrected chi connectivity index (χ4v) is 3.61. The Labute approximate surface area is 145 Å². The second-order valence-electron chi connectivity index (χ2n) is 7.09. The molecule has 1 saturated heterocycles. The molecule has 3 atom stereocenters. The van der Waals surface area contributed by atoms with Gasteiger partial charge in [-0.05, 0) is 44.2 Å². The molecule has 0 bridgehead atoms. The van der Waals surface area contributed by atoms with E-state index in [1.807, 2.05) is 31.2 Å². The Morgan fingerprint density at radius 2 is 1.96 bits per heavy atom. The van der Waals surface area contributed by atoms with Gasteiger partial charge in [0.25, 0.3) is 0 Å². The summed E-state index contributed by atoms with van der Waals surface area (Å²) in [4.78, 5) is 14.7. The van der Waals surface area contributed by atoms with Crippen molar-refractivity contribution in [2.24, 2.45) is 11.8 Å². The average molecular weight is 333 g/mol. The Bertz CT molecular complexity index is 525. The number of piperidine rings is 1. The van der Waals surface area contributed by atoms with E-state index in [1.54, 1.807) is 0 Å². The van der Waals surface area contributed by atoms with Crippen LogP contribution in [0.5, 0.6) is 5.75 Å². The van der Waals surface area contributed by atoms with Gasteiger partial charge in [0.15, 0.2) is 0 Å². The maximum absolute atomic E-state index is 12.3. The summed E-state index contributed by atoms with van der Waals surface area (Å²) in [6.45, 7) is 12.3. The average Bonchev–Trinajstić information content (AvgIpc) is 2.48. The number of nitrogens with zero attached hydrogens (tertiary/aromatic N) is 1. The van der Waals surface area contributed by atoms with Crippen molar-refractivity contribution >= 4 is 11.7 Å². The summed E-state index contributed by atoms with van der Waals surface area (Å²) in [6, 6.07) is 7.41. The fraction of sp³-hybridized carbons (Fsp3) is 0.632. The zero-order valence-electron chi connectivity index (χ0n) is 15.3. The fourth-order valence-electron chi connectivity index (χ4n) is 3.61. The number of amides is 2. The summed E-state index contributed by atoms with van der Waals surface area (Å²) in [5.74, 6) is 2.15. The van der Waals surface area contributed by atoms with Crippen LogP contribution in [0.1, 0.15) is 34.1 Å². The van der Waals surface area contributed by atoms with Gasteiger partial charge in [0.05, 0.1) is 12.3 Å². The largest absolute Gasteiger partial charge is 0.492 e. The van der Waals surface area contributed by atoms with Crippen LogP contribution in [-0.2, 0) is 0 Å². The van der Waals surface area contributed by atoms with Crippen LogP contribution in [-0.4, -0.2) is 43.2 Å². The molecule has 0 unspecified atom stereocenters. The minimum atomic E-state index is -0.187. The Morgan fingerprint density at radius 3 is 2.62 bits per heavy atom. The molecule has 1 fully saturated rings. The van der Waals surface area contributed by atoms with Gasteiger partial charge in [0.1, 0.15) is 5.75 Å². The minimum absolute atomic E-state index is 0.0988. The lowest BCUT2D eigenvalue weighted by molar-refractivity contribution is 0.132. The van der Waals surface area contributed by atoms with Crippen molar-refractivity contribution in [2.45, 2.75) is 40.2 Å². The maximum Gasteiger partial charge on any atom is 0.319 e. The molecule has 1 aliphatic heterocycles. The lowest BCUT2D eigenvalue weighted by atomic mass is 9.92. The molecule has 0 aromatic heterocycles. The summed E-state index contributed by atoms with van der Waals surface area (Å²) in [5.41, 5.74) is 0.698. The van der Waals surface area contributed by atoms with Crippen LogP contribution in [0.15, 0.2) is 24.3 Å². The van der Waals surface area contributed by atoms with Crippen LogP contribution < -0.4 is 15.4 Å². The lowest BCUT2D eigenvalue weighted by Gasteiger charge is -2.36. The molecule has 0 radical (unpaired) electrons. The zero-order valence-corrected chi connectivity index (χ0v) is 15.3. The Hall–Kier alpha value is -1.75. The third-order valence-corrected chi connectivity index (χ3v) is 4.29. The normalized spacial score (nSPS) is 22.7. The van der Waals surface area contributed by atoms with Gasteiger partial charge in [-0.15, -0.1) is 0 Å². The van der Waals surface area contributed by atoms with E-state index in [2.05, 4.69) is 36.3 Å². The predicted molar refractivity (Wildman–Crippen MR) is 98.6 cm³/mol. The Kier molecular flexibility index (Phi) is 6.91. The maximum atomic E-state index is 12.3. The molecule has 2 N–H and O–H groups in total.